The zero-order valence-corrected chi connectivity index (χ0v) is 9.89. The Hall–Kier alpha value is -1.42. The summed E-state index contributed by atoms with van der Waals surface area (Å²) in [5.74, 6) is 1.38. The van der Waals surface area contributed by atoms with Gasteiger partial charge in [0.15, 0.2) is 11.0 Å². The first-order valence-electron chi connectivity index (χ1n) is 5.70. The molecule has 0 radical (unpaired) electrons. The molecule has 0 saturated heterocycles. The number of anilines is 1. The van der Waals surface area contributed by atoms with E-state index in [0.717, 1.165) is 12.8 Å². The third-order valence-corrected chi connectivity index (χ3v) is 3.79. The summed E-state index contributed by atoms with van der Waals surface area (Å²) in [5, 5.41) is 2.99. The van der Waals surface area contributed by atoms with Gasteiger partial charge in [0.1, 0.15) is 0 Å². The second kappa shape index (κ2) is 4.11. The first kappa shape index (κ1) is 10.7. The van der Waals surface area contributed by atoms with Gasteiger partial charge >= 0.3 is 0 Å². The number of carbonyl (C=O) groups excluding carboxylic acids is 1. The van der Waals surface area contributed by atoms with Gasteiger partial charge in [-0.1, -0.05) is 23.8 Å². The highest BCUT2D eigenvalue weighted by molar-refractivity contribution is 6.32. The smallest absolute Gasteiger partial charge is 0.229 e. The molecule has 1 heterocycles. The number of amides is 1. The number of hydrogen-bond donors (Lipinski definition) is 1. The van der Waals surface area contributed by atoms with E-state index in [4.69, 9.17) is 11.6 Å². The third kappa shape index (κ3) is 1.93. The van der Waals surface area contributed by atoms with Crippen LogP contribution in [0.15, 0.2) is 24.5 Å². The second-order valence-corrected chi connectivity index (χ2v) is 4.93. The summed E-state index contributed by atoms with van der Waals surface area (Å²) in [7, 11) is 0. The Morgan fingerprint density at radius 1 is 1.29 bits per heavy atom. The van der Waals surface area contributed by atoms with Crippen LogP contribution in [-0.4, -0.2) is 15.9 Å². The Bertz CT molecular complexity index is 488. The van der Waals surface area contributed by atoms with Gasteiger partial charge in [0, 0.05) is 18.3 Å². The van der Waals surface area contributed by atoms with Crippen molar-refractivity contribution in [1.29, 1.82) is 0 Å². The van der Waals surface area contributed by atoms with E-state index < -0.39 is 0 Å². The fraction of sp³-hybridized carbons (Fsp3) is 0.417. The van der Waals surface area contributed by atoms with E-state index in [2.05, 4.69) is 27.4 Å². The fourth-order valence-corrected chi connectivity index (χ4v) is 2.85. The summed E-state index contributed by atoms with van der Waals surface area (Å²) in [6.45, 7) is 0. The van der Waals surface area contributed by atoms with E-state index in [1.54, 1.807) is 0 Å². The van der Waals surface area contributed by atoms with Crippen molar-refractivity contribution >= 4 is 23.3 Å². The Kier molecular flexibility index (Phi) is 2.59. The molecular weight excluding hydrogens is 238 g/mol. The minimum atomic E-state index is 0.00394. The number of halogens is 1. The summed E-state index contributed by atoms with van der Waals surface area (Å²) in [4.78, 5) is 20.0. The highest BCUT2D eigenvalue weighted by Gasteiger charge is 2.39. The number of carbonyl (C=O) groups is 1. The standard InChI is InChI=1S/C12H12ClN3O/c13-10-11(15-4-3-14-10)16-12(17)9-6-7-1-2-8(9)5-7/h1-4,7-9H,5-6H2,(H,15,16,17). The van der Waals surface area contributed by atoms with Gasteiger partial charge in [0.05, 0.1) is 0 Å². The quantitative estimate of drug-likeness (QED) is 0.818. The highest BCUT2D eigenvalue weighted by Crippen LogP contribution is 2.43. The fourth-order valence-electron chi connectivity index (χ4n) is 2.70. The van der Waals surface area contributed by atoms with Gasteiger partial charge in [0.25, 0.3) is 0 Å². The van der Waals surface area contributed by atoms with Crippen molar-refractivity contribution < 1.29 is 4.79 Å². The average molecular weight is 250 g/mol. The number of fused-ring (bicyclic) bond motifs is 2. The molecule has 2 bridgehead atoms. The van der Waals surface area contributed by atoms with Gasteiger partial charge in [-0.05, 0) is 24.7 Å². The number of hydrogen-bond acceptors (Lipinski definition) is 3. The lowest BCUT2D eigenvalue weighted by atomic mass is 9.93. The van der Waals surface area contributed by atoms with Gasteiger partial charge in [-0.25, -0.2) is 9.97 Å². The van der Waals surface area contributed by atoms with Crippen molar-refractivity contribution in [3.63, 3.8) is 0 Å². The Labute approximate surface area is 104 Å². The monoisotopic (exact) mass is 249 g/mol. The molecule has 1 amide bonds. The van der Waals surface area contributed by atoms with E-state index in [1.165, 1.54) is 12.4 Å². The van der Waals surface area contributed by atoms with Crippen molar-refractivity contribution in [3.05, 3.63) is 29.7 Å². The number of nitrogens with one attached hydrogen (secondary N) is 1. The van der Waals surface area contributed by atoms with Crippen molar-refractivity contribution in [2.45, 2.75) is 12.8 Å². The lowest BCUT2D eigenvalue weighted by Crippen LogP contribution is -2.26. The lowest BCUT2D eigenvalue weighted by molar-refractivity contribution is -0.120. The van der Waals surface area contributed by atoms with Gasteiger partial charge in [-0.15, -0.1) is 0 Å². The largest absolute Gasteiger partial charge is 0.308 e. The van der Waals surface area contributed by atoms with Crippen LogP contribution in [0.3, 0.4) is 0 Å². The van der Waals surface area contributed by atoms with Crippen LogP contribution in [0.25, 0.3) is 0 Å². The minimum Gasteiger partial charge on any atom is -0.308 e. The molecule has 88 valence electrons. The predicted molar refractivity (Wildman–Crippen MR) is 64.5 cm³/mol. The molecule has 5 heteroatoms. The summed E-state index contributed by atoms with van der Waals surface area (Å²) in [5.41, 5.74) is 0. The van der Waals surface area contributed by atoms with Crippen LogP contribution in [-0.2, 0) is 4.79 Å². The zero-order valence-electron chi connectivity index (χ0n) is 9.14. The van der Waals surface area contributed by atoms with Gasteiger partial charge in [-0.3, -0.25) is 4.79 Å². The van der Waals surface area contributed by atoms with E-state index >= 15 is 0 Å². The van der Waals surface area contributed by atoms with Crippen molar-refractivity contribution in [2.24, 2.45) is 17.8 Å². The van der Waals surface area contributed by atoms with E-state index in [9.17, 15) is 4.79 Å². The number of nitrogens with zero attached hydrogens (tertiary/aromatic N) is 2. The van der Waals surface area contributed by atoms with Crippen LogP contribution in [0.2, 0.25) is 5.15 Å². The Balaban J connectivity index is 1.72. The second-order valence-electron chi connectivity index (χ2n) is 4.57. The Morgan fingerprint density at radius 3 is 2.76 bits per heavy atom. The number of allylic oxidation sites excluding steroid dienone is 2. The average Bonchev–Trinajstić information content (AvgIpc) is 2.94. The normalized spacial score (nSPS) is 29.6. The number of aromatic nitrogens is 2. The molecule has 2 aliphatic rings. The molecule has 1 N–H and O–H groups in total. The molecule has 3 rings (SSSR count). The maximum Gasteiger partial charge on any atom is 0.229 e. The van der Waals surface area contributed by atoms with Crippen molar-refractivity contribution in [3.8, 4) is 0 Å². The molecule has 2 aliphatic carbocycles. The predicted octanol–water partition coefficient (Wildman–Crippen LogP) is 2.28. The molecule has 1 saturated carbocycles. The van der Waals surface area contributed by atoms with Crippen LogP contribution in [0.1, 0.15) is 12.8 Å². The molecule has 0 aromatic carbocycles. The van der Waals surface area contributed by atoms with Gasteiger partial charge in [0.2, 0.25) is 5.91 Å². The van der Waals surface area contributed by atoms with Gasteiger partial charge in [-0.2, -0.15) is 0 Å². The van der Waals surface area contributed by atoms with Crippen LogP contribution >= 0.6 is 11.6 Å². The summed E-state index contributed by atoms with van der Waals surface area (Å²) >= 11 is 5.85. The van der Waals surface area contributed by atoms with Crippen LogP contribution in [0.4, 0.5) is 5.82 Å². The summed E-state index contributed by atoms with van der Waals surface area (Å²) in [6.07, 6.45) is 9.41. The maximum atomic E-state index is 12.1. The molecule has 1 fully saturated rings. The molecule has 3 atom stereocenters. The van der Waals surface area contributed by atoms with E-state index in [1.807, 2.05) is 0 Å². The number of rotatable bonds is 2. The van der Waals surface area contributed by atoms with Gasteiger partial charge < -0.3 is 5.32 Å². The Morgan fingerprint density at radius 2 is 2.12 bits per heavy atom. The first-order chi connectivity index (χ1) is 8.24. The van der Waals surface area contributed by atoms with Crippen molar-refractivity contribution in [1.82, 2.24) is 9.97 Å². The molecule has 0 aliphatic heterocycles. The van der Waals surface area contributed by atoms with E-state index in [0.29, 0.717) is 17.7 Å². The van der Waals surface area contributed by atoms with Crippen molar-refractivity contribution in [2.75, 3.05) is 5.32 Å². The van der Waals surface area contributed by atoms with Crippen LogP contribution in [0, 0.1) is 17.8 Å². The molecule has 3 unspecified atom stereocenters. The zero-order chi connectivity index (χ0) is 11.8. The maximum absolute atomic E-state index is 12.1. The molecular formula is C12H12ClN3O. The molecule has 1 aromatic rings. The first-order valence-corrected chi connectivity index (χ1v) is 6.07. The lowest BCUT2D eigenvalue weighted by Gasteiger charge is -2.17. The highest BCUT2D eigenvalue weighted by atomic mass is 35.5. The summed E-state index contributed by atoms with van der Waals surface area (Å²) in [6, 6.07) is 0. The molecule has 17 heavy (non-hydrogen) atoms. The minimum absolute atomic E-state index is 0.00394. The molecule has 1 aromatic heterocycles. The van der Waals surface area contributed by atoms with E-state index in [-0.39, 0.29) is 17.0 Å². The SMILES string of the molecule is O=C(Nc1nccnc1Cl)C1CC2C=CC1C2. The third-order valence-electron chi connectivity index (χ3n) is 3.51. The molecule has 0 spiro atoms. The molecule has 4 nitrogen and oxygen atoms in total. The topological polar surface area (TPSA) is 54.9 Å². The van der Waals surface area contributed by atoms with Crippen LogP contribution < -0.4 is 5.32 Å². The summed E-state index contributed by atoms with van der Waals surface area (Å²) < 4.78 is 0. The van der Waals surface area contributed by atoms with Crippen LogP contribution in [0.5, 0.6) is 0 Å².